The SMILES string of the molecule is CC/C=C\C/C=C\C/C=C\C/C=C\CCCCCCCCCCCCCCCCCCCCCCC(=O)OCC(COC(=O)CCCCCCCCC)OC(=O)CCCCCCC/C=C\C/C=C\CCC. The quantitative estimate of drug-likeness (QED) is 0.0261. The summed E-state index contributed by atoms with van der Waals surface area (Å²) in [6.07, 6.45) is 76.6. The van der Waals surface area contributed by atoms with Crippen molar-refractivity contribution in [1.82, 2.24) is 0 Å². The Balaban J connectivity index is 3.96. The molecule has 0 aromatic heterocycles. The van der Waals surface area contributed by atoms with Crippen LogP contribution in [0.5, 0.6) is 0 Å². The van der Waals surface area contributed by atoms with Crippen molar-refractivity contribution in [3.05, 3.63) is 72.9 Å². The molecular weight excluding hydrogens is 877 g/mol. The molecule has 0 amide bonds. The van der Waals surface area contributed by atoms with Crippen LogP contribution in [-0.4, -0.2) is 37.2 Å². The monoisotopic (exact) mass is 991 g/mol. The van der Waals surface area contributed by atoms with Crippen LogP contribution in [0.15, 0.2) is 72.9 Å². The lowest BCUT2D eigenvalue weighted by Gasteiger charge is -2.18. The third-order valence-corrected chi connectivity index (χ3v) is 13.2. The topological polar surface area (TPSA) is 78.9 Å². The second kappa shape index (κ2) is 59.4. The highest BCUT2D eigenvalue weighted by atomic mass is 16.6. The first-order chi connectivity index (χ1) is 35.0. The largest absolute Gasteiger partial charge is 0.462 e. The van der Waals surface area contributed by atoms with Gasteiger partial charge in [-0.2, -0.15) is 0 Å². The Kier molecular flexibility index (Phi) is 56.8. The molecule has 0 heterocycles. The second-order valence-corrected chi connectivity index (χ2v) is 20.2. The molecule has 0 aromatic carbocycles. The smallest absolute Gasteiger partial charge is 0.306 e. The number of carbonyl (C=O) groups excluding carboxylic acids is 3. The van der Waals surface area contributed by atoms with Gasteiger partial charge in [-0.15, -0.1) is 0 Å². The molecule has 0 bridgehead atoms. The lowest BCUT2D eigenvalue weighted by atomic mass is 10.0. The lowest BCUT2D eigenvalue weighted by Crippen LogP contribution is -2.30. The summed E-state index contributed by atoms with van der Waals surface area (Å²) < 4.78 is 16.8. The maximum absolute atomic E-state index is 12.8. The third-order valence-electron chi connectivity index (χ3n) is 13.2. The summed E-state index contributed by atoms with van der Waals surface area (Å²) in [7, 11) is 0. The normalized spacial score (nSPS) is 12.5. The van der Waals surface area contributed by atoms with Crippen LogP contribution in [0.3, 0.4) is 0 Å². The molecule has 0 aliphatic rings. The Hall–Kier alpha value is -3.15. The minimum Gasteiger partial charge on any atom is -0.462 e. The van der Waals surface area contributed by atoms with E-state index in [9.17, 15) is 14.4 Å². The summed E-state index contributed by atoms with van der Waals surface area (Å²) in [6.45, 7) is 6.43. The van der Waals surface area contributed by atoms with E-state index in [4.69, 9.17) is 14.2 Å². The summed E-state index contributed by atoms with van der Waals surface area (Å²) in [6, 6.07) is 0. The second-order valence-electron chi connectivity index (χ2n) is 20.2. The van der Waals surface area contributed by atoms with E-state index in [1.165, 1.54) is 148 Å². The van der Waals surface area contributed by atoms with Gasteiger partial charge in [0, 0.05) is 19.3 Å². The Bertz CT molecular complexity index is 1320. The Morgan fingerprint density at radius 2 is 0.577 bits per heavy atom. The molecule has 0 aliphatic carbocycles. The van der Waals surface area contributed by atoms with E-state index in [0.717, 1.165) is 116 Å². The number of carbonyl (C=O) groups is 3. The molecule has 1 unspecified atom stereocenters. The van der Waals surface area contributed by atoms with E-state index < -0.39 is 6.10 Å². The molecule has 0 spiro atoms. The molecule has 0 fully saturated rings. The Morgan fingerprint density at radius 3 is 0.915 bits per heavy atom. The highest BCUT2D eigenvalue weighted by molar-refractivity contribution is 5.71. The molecule has 1 atom stereocenters. The van der Waals surface area contributed by atoms with Crippen LogP contribution < -0.4 is 0 Å². The van der Waals surface area contributed by atoms with E-state index in [0.29, 0.717) is 19.3 Å². The lowest BCUT2D eigenvalue weighted by molar-refractivity contribution is -0.167. The number of unbranched alkanes of at least 4 members (excludes halogenated alkanes) is 32. The van der Waals surface area contributed by atoms with Crippen molar-refractivity contribution in [3.8, 4) is 0 Å². The average Bonchev–Trinajstić information content (AvgIpc) is 3.37. The van der Waals surface area contributed by atoms with Crippen LogP contribution in [0, 0.1) is 0 Å². The van der Waals surface area contributed by atoms with E-state index in [1.54, 1.807) is 0 Å². The number of esters is 3. The predicted molar refractivity (Wildman–Crippen MR) is 307 cm³/mol. The van der Waals surface area contributed by atoms with Crippen LogP contribution in [-0.2, 0) is 28.6 Å². The molecule has 0 radical (unpaired) electrons. The maximum Gasteiger partial charge on any atom is 0.306 e. The van der Waals surface area contributed by atoms with E-state index >= 15 is 0 Å². The molecule has 6 nitrogen and oxygen atoms in total. The van der Waals surface area contributed by atoms with E-state index in [-0.39, 0.29) is 31.1 Å². The average molecular weight is 992 g/mol. The Labute approximate surface area is 440 Å². The zero-order valence-corrected chi connectivity index (χ0v) is 47.0. The van der Waals surface area contributed by atoms with Crippen molar-refractivity contribution in [2.45, 2.75) is 309 Å². The number of ether oxygens (including phenoxy) is 3. The predicted octanol–water partition coefficient (Wildman–Crippen LogP) is 20.5. The van der Waals surface area contributed by atoms with Gasteiger partial charge < -0.3 is 14.2 Å². The summed E-state index contributed by atoms with van der Waals surface area (Å²) in [5, 5.41) is 0. The zero-order valence-electron chi connectivity index (χ0n) is 47.0. The van der Waals surface area contributed by atoms with Gasteiger partial charge in [0.05, 0.1) is 0 Å². The van der Waals surface area contributed by atoms with Crippen molar-refractivity contribution in [2.24, 2.45) is 0 Å². The summed E-state index contributed by atoms with van der Waals surface area (Å²) in [5.41, 5.74) is 0. The molecular formula is C65H114O6. The first-order valence-corrected chi connectivity index (χ1v) is 30.4. The molecule has 0 saturated heterocycles. The number of hydrogen-bond donors (Lipinski definition) is 0. The fraction of sp³-hybridized carbons (Fsp3) is 0.769. The van der Waals surface area contributed by atoms with Crippen molar-refractivity contribution < 1.29 is 28.6 Å². The first-order valence-electron chi connectivity index (χ1n) is 30.4. The molecule has 410 valence electrons. The van der Waals surface area contributed by atoms with Crippen molar-refractivity contribution in [2.75, 3.05) is 13.2 Å². The molecule has 6 heteroatoms. The summed E-state index contributed by atoms with van der Waals surface area (Å²) in [5.74, 6) is -0.888. The number of rotatable bonds is 55. The minimum absolute atomic E-state index is 0.0769. The molecule has 71 heavy (non-hydrogen) atoms. The fourth-order valence-corrected chi connectivity index (χ4v) is 8.65. The van der Waals surface area contributed by atoms with Gasteiger partial charge in [-0.05, 0) is 83.5 Å². The van der Waals surface area contributed by atoms with Gasteiger partial charge in [0.25, 0.3) is 0 Å². The molecule has 0 aliphatic heterocycles. The minimum atomic E-state index is -0.776. The maximum atomic E-state index is 12.8. The van der Waals surface area contributed by atoms with E-state index in [2.05, 4.69) is 93.7 Å². The highest BCUT2D eigenvalue weighted by Crippen LogP contribution is 2.17. The van der Waals surface area contributed by atoms with Gasteiger partial charge >= 0.3 is 17.9 Å². The van der Waals surface area contributed by atoms with Crippen LogP contribution in [0.4, 0.5) is 0 Å². The van der Waals surface area contributed by atoms with Crippen molar-refractivity contribution in [1.29, 1.82) is 0 Å². The third kappa shape index (κ3) is 57.6. The van der Waals surface area contributed by atoms with Crippen LogP contribution in [0.25, 0.3) is 0 Å². The van der Waals surface area contributed by atoms with Gasteiger partial charge in [-0.1, -0.05) is 273 Å². The highest BCUT2D eigenvalue weighted by Gasteiger charge is 2.19. The van der Waals surface area contributed by atoms with Crippen molar-refractivity contribution >= 4 is 17.9 Å². The summed E-state index contributed by atoms with van der Waals surface area (Å²) >= 11 is 0. The first kappa shape index (κ1) is 67.8. The number of hydrogen-bond acceptors (Lipinski definition) is 6. The molecule has 0 aromatic rings. The van der Waals surface area contributed by atoms with Gasteiger partial charge in [-0.25, -0.2) is 0 Å². The van der Waals surface area contributed by atoms with Crippen LogP contribution in [0.2, 0.25) is 0 Å². The van der Waals surface area contributed by atoms with Gasteiger partial charge in [0.2, 0.25) is 0 Å². The van der Waals surface area contributed by atoms with Crippen LogP contribution >= 0.6 is 0 Å². The van der Waals surface area contributed by atoms with Gasteiger partial charge in [0.1, 0.15) is 13.2 Å². The standard InChI is InChI=1S/C65H114O6/c1-4-7-10-13-16-18-20-22-23-24-25-26-27-28-29-30-31-32-33-34-35-36-37-38-39-40-41-43-44-46-49-52-55-58-64(67)70-61-62(60-69-63(66)57-54-51-48-15-12-9-6-3)71-65(68)59-56-53-50-47-45-42-21-19-17-14-11-8-5-2/h7,10-11,14,16,18-19,21-23,25-26,62H,4-6,8-9,12-13,15,17,20,24,27-61H2,1-3H3/b10-7-,14-11-,18-16-,21-19-,23-22-,26-25-. The zero-order chi connectivity index (χ0) is 51.4. The number of allylic oxidation sites excluding steroid dienone is 12. The van der Waals surface area contributed by atoms with E-state index in [1.807, 2.05) is 0 Å². The molecule has 0 saturated carbocycles. The summed E-state index contributed by atoms with van der Waals surface area (Å²) in [4.78, 5) is 37.9. The van der Waals surface area contributed by atoms with Gasteiger partial charge in [-0.3, -0.25) is 14.4 Å². The van der Waals surface area contributed by atoms with Crippen molar-refractivity contribution in [3.63, 3.8) is 0 Å². The fourth-order valence-electron chi connectivity index (χ4n) is 8.65. The van der Waals surface area contributed by atoms with Gasteiger partial charge in [0.15, 0.2) is 6.10 Å². The molecule has 0 rings (SSSR count). The molecule has 0 N–H and O–H groups in total. The van der Waals surface area contributed by atoms with Crippen LogP contribution in [0.1, 0.15) is 303 Å². The Morgan fingerprint density at radius 1 is 0.296 bits per heavy atom.